The summed E-state index contributed by atoms with van der Waals surface area (Å²) in [4.78, 5) is 28.4. The van der Waals surface area contributed by atoms with E-state index in [0.717, 1.165) is 6.42 Å². The van der Waals surface area contributed by atoms with Crippen molar-refractivity contribution in [2.75, 3.05) is 26.2 Å². The SMILES string of the molecule is CC(C)(C)OC(=O)N1C[C@H]2C[C@@H](C1)CN(C(=O)c1occc1C#N)C2. The van der Waals surface area contributed by atoms with Crippen molar-refractivity contribution in [2.24, 2.45) is 11.8 Å². The number of likely N-dealkylation sites (tertiary alicyclic amines) is 2. The average Bonchev–Trinajstić information content (AvgIpc) is 3.00. The highest BCUT2D eigenvalue weighted by atomic mass is 16.6. The van der Waals surface area contributed by atoms with Gasteiger partial charge in [0.1, 0.15) is 17.2 Å². The van der Waals surface area contributed by atoms with E-state index in [1.54, 1.807) is 9.80 Å². The summed E-state index contributed by atoms with van der Waals surface area (Å²) in [5.74, 6) is 0.280. The number of carbonyl (C=O) groups is 2. The van der Waals surface area contributed by atoms with Crippen LogP contribution in [0.5, 0.6) is 0 Å². The third-order valence-electron chi connectivity index (χ3n) is 4.50. The van der Waals surface area contributed by atoms with Gasteiger partial charge in [0.2, 0.25) is 5.76 Å². The van der Waals surface area contributed by atoms with Gasteiger partial charge in [0, 0.05) is 26.2 Å². The van der Waals surface area contributed by atoms with Crippen molar-refractivity contribution >= 4 is 12.0 Å². The van der Waals surface area contributed by atoms with Gasteiger partial charge in [-0.15, -0.1) is 0 Å². The van der Waals surface area contributed by atoms with Crippen LogP contribution in [0.15, 0.2) is 16.7 Å². The van der Waals surface area contributed by atoms with Crippen LogP contribution < -0.4 is 0 Å². The first-order chi connectivity index (χ1) is 11.8. The summed E-state index contributed by atoms with van der Waals surface area (Å²) in [6, 6.07) is 3.48. The fourth-order valence-electron chi connectivity index (χ4n) is 3.63. The van der Waals surface area contributed by atoms with Crippen molar-refractivity contribution in [2.45, 2.75) is 32.8 Å². The molecule has 2 saturated heterocycles. The summed E-state index contributed by atoms with van der Waals surface area (Å²) in [5, 5.41) is 9.07. The second kappa shape index (κ2) is 6.43. The molecule has 2 atom stereocenters. The van der Waals surface area contributed by atoms with E-state index < -0.39 is 5.60 Å². The van der Waals surface area contributed by atoms with Crippen molar-refractivity contribution in [1.82, 2.24) is 9.80 Å². The first kappa shape index (κ1) is 17.3. The monoisotopic (exact) mass is 345 g/mol. The van der Waals surface area contributed by atoms with E-state index >= 15 is 0 Å². The van der Waals surface area contributed by atoms with Gasteiger partial charge in [-0.05, 0) is 45.1 Å². The number of piperidine rings is 2. The lowest BCUT2D eigenvalue weighted by atomic mass is 9.84. The molecule has 25 heavy (non-hydrogen) atoms. The van der Waals surface area contributed by atoms with Crippen LogP contribution in [0.2, 0.25) is 0 Å². The predicted octanol–water partition coefficient (Wildman–Crippen LogP) is 2.48. The summed E-state index contributed by atoms with van der Waals surface area (Å²) in [6.45, 7) is 7.84. The minimum Gasteiger partial charge on any atom is -0.458 e. The van der Waals surface area contributed by atoms with Crippen molar-refractivity contribution in [3.63, 3.8) is 0 Å². The third-order valence-corrected chi connectivity index (χ3v) is 4.50. The molecule has 0 aromatic carbocycles. The number of furan rings is 1. The molecular weight excluding hydrogens is 322 g/mol. The molecular formula is C18H23N3O4. The predicted molar refractivity (Wildman–Crippen MR) is 88.7 cm³/mol. The van der Waals surface area contributed by atoms with Crippen molar-refractivity contribution in [3.05, 3.63) is 23.7 Å². The smallest absolute Gasteiger partial charge is 0.410 e. The summed E-state index contributed by atoms with van der Waals surface area (Å²) < 4.78 is 10.7. The van der Waals surface area contributed by atoms with Gasteiger partial charge in [-0.1, -0.05) is 0 Å². The molecule has 134 valence electrons. The molecule has 7 nitrogen and oxygen atoms in total. The number of carbonyl (C=O) groups excluding carboxylic acids is 2. The highest BCUT2D eigenvalue weighted by Gasteiger charge is 2.39. The summed E-state index contributed by atoms with van der Waals surface area (Å²) in [7, 11) is 0. The normalized spacial score (nSPS) is 23.1. The molecule has 2 aliphatic heterocycles. The van der Waals surface area contributed by atoms with Gasteiger partial charge < -0.3 is 19.0 Å². The third kappa shape index (κ3) is 3.78. The van der Waals surface area contributed by atoms with E-state index in [-0.39, 0.29) is 35.2 Å². The molecule has 2 bridgehead atoms. The molecule has 2 fully saturated rings. The van der Waals surface area contributed by atoms with Crippen molar-refractivity contribution in [3.8, 4) is 6.07 Å². The molecule has 0 aliphatic carbocycles. The standard InChI is InChI=1S/C18H23N3O4/c1-18(2,3)25-17(23)21-10-12-6-13(11-21)9-20(8-12)16(22)15-14(7-19)4-5-24-15/h4-5,12-13H,6,8-11H2,1-3H3/t12-,13+. The number of amides is 2. The molecule has 0 saturated carbocycles. The van der Waals surface area contributed by atoms with E-state index in [2.05, 4.69) is 0 Å². The fraction of sp³-hybridized carbons (Fsp3) is 0.611. The van der Waals surface area contributed by atoms with E-state index in [1.165, 1.54) is 12.3 Å². The van der Waals surface area contributed by atoms with Crippen LogP contribution in [-0.2, 0) is 4.74 Å². The van der Waals surface area contributed by atoms with Gasteiger partial charge in [0.15, 0.2) is 0 Å². The van der Waals surface area contributed by atoms with Gasteiger partial charge in [0.05, 0.1) is 6.26 Å². The molecule has 3 rings (SSSR count). The molecule has 7 heteroatoms. The molecule has 2 amide bonds. The van der Waals surface area contributed by atoms with Gasteiger partial charge in [-0.2, -0.15) is 5.26 Å². The Bertz CT molecular complexity index is 699. The molecule has 2 aliphatic rings. The van der Waals surface area contributed by atoms with E-state index in [9.17, 15) is 9.59 Å². The summed E-state index contributed by atoms with van der Waals surface area (Å²) >= 11 is 0. The highest BCUT2D eigenvalue weighted by molar-refractivity contribution is 5.94. The lowest BCUT2D eigenvalue weighted by Gasteiger charge is -2.45. The van der Waals surface area contributed by atoms with E-state index in [4.69, 9.17) is 14.4 Å². The fourth-order valence-corrected chi connectivity index (χ4v) is 3.63. The molecule has 1 aromatic rings. The number of nitriles is 1. The number of hydrogen-bond donors (Lipinski definition) is 0. The zero-order valence-corrected chi connectivity index (χ0v) is 14.8. The minimum atomic E-state index is -0.515. The van der Waals surface area contributed by atoms with Gasteiger partial charge in [-0.3, -0.25) is 4.79 Å². The van der Waals surface area contributed by atoms with Crippen LogP contribution in [0, 0.1) is 23.2 Å². The minimum absolute atomic E-state index is 0.103. The number of hydrogen-bond acceptors (Lipinski definition) is 5. The summed E-state index contributed by atoms with van der Waals surface area (Å²) in [5.41, 5.74) is -0.255. The lowest BCUT2D eigenvalue weighted by molar-refractivity contribution is -0.00763. The largest absolute Gasteiger partial charge is 0.458 e. The second-order valence-electron chi connectivity index (χ2n) is 7.84. The topological polar surface area (TPSA) is 86.8 Å². The average molecular weight is 345 g/mol. The van der Waals surface area contributed by atoms with E-state index in [0.29, 0.717) is 26.2 Å². The van der Waals surface area contributed by atoms with Crippen LogP contribution >= 0.6 is 0 Å². The Morgan fingerprint density at radius 2 is 1.80 bits per heavy atom. The molecule has 3 heterocycles. The Morgan fingerprint density at radius 3 is 2.36 bits per heavy atom. The van der Waals surface area contributed by atoms with Crippen molar-refractivity contribution in [1.29, 1.82) is 5.26 Å². The first-order valence-electron chi connectivity index (χ1n) is 8.51. The quantitative estimate of drug-likeness (QED) is 0.780. The van der Waals surface area contributed by atoms with E-state index in [1.807, 2.05) is 26.8 Å². The summed E-state index contributed by atoms with van der Waals surface area (Å²) in [6.07, 6.45) is 2.06. The molecule has 1 aromatic heterocycles. The second-order valence-corrected chi connectivity index (χ2v) is 7.84. The van der Waals surface area contributed by atoms with Gasteiger partial charge in [0.25, 0.3) is 5.91 Å². The zero-order chi connectivity index (χ0) is 18.2. The lowest BCUT2D eigenvalue weighted by Crippen LogP contribution is -2.55. The van der Waals surface area contributed by atoms with Crippen LogP contribution in [0.25, 0.3) is 0 Å². The molecule has 0 N–H and O–H groups in total. The van der Waals surface area contributed by atoms with Crippen LogP contribution in [0.1, 0.15) is 43.3 Å². The van der Waals surface area contributed by atoms with Crippen LogP contribution in [-0.4, -0.2) is 53.6 Å². The van der Waals surface area contributed by atoms with Gasteiger partial charge >= 0.3 is 6.09 Å². The Balaban J connectivity index is 1.66. The maximum absolute atomic E-state index is 12.7. The molecule has 0 unspecified atom stereocenters. The number of nitrogens with zero attached hydrogens (tertiary/aromatic N) is 3. The Kier molecular flexibility index (Phi) is 4.46. The molecule has 0 spiro atoms. The number of rotatable bonds is 1. The van der Waals surface area contributed by atoms with Crippen LogP contribution in [0.4, 0.5) is 4.79 Å². The zero-order valence-electron chi connectivity index (χ0n) is 14.8. The van der Waals surface area contributed by atoms with Gasteiger partial charge in [-0.25, -0.2) is 4.79 Å². The Morgan fingerprint density at radius 1 is 1.20 bits per heavy atom. The number of ether oxygens (including phenoxy) is 1. The Labute approximate surface area is 147 Å². The Hall–Kier alpha value is -2.49. The number of fused-ring (bicyclic) bond motifs is 2. The maximum atomic E-state index is 12.7. The van der Waals surface area contributed by atoms with Crippen LogP contribution in [0.3, 0.4) is 0 Å². The maximum Gasteiger partial charge on any atom is 0.410 e. The van der Waals surface area contributed by atoms with Crippen molar-refractivity contribution < 1.29 is 18.7 Å². The molecule has 0 radical (unpaired) electrons. The highest BCUT2D eigenvalue weighted by Crippen LogP contribution is 2.30. The first-order valence-corrected chi connectivity index (χ1v) is 8.51.